The number of ether oxygens (including phenoxy) is 3. The Kier molecular flexibility index (Phi) is 7.53. The van der Waals surface area contributed by atoms with Crippen molar-refractivity contribution in [2.45, 2.75) is 13.5 Å². The third kappa shape index (κ3) is 4.64. The summed E-state index contributed by atoms with van der Waals surface area (Å²) in [6.45, 7) is 6.45. The number of hydrogen-bond acceptors (Lipinski definition) is 7. The van der Waals surface area contributed by atoms with Crippen LogP contribution in [0, 0.1) is 6.92 Å². The van der Waals surface area contributed by atoms with Crippen molar-refractivity contribution in [3.63, 3.8) is 0 Å². The number of methoxy groups -OCH3 is 3. The first-order valence-corrected chi connectivity index (χ1v) is 10.4. The van der Waals surface area contributed by atoms with Gasteiger partial charge in [0, 0.05) is 49.7 Å². The average molecular weight is 460 g/mol. The first-order valence-electron chi connectivity index (χ1n) is 10.4. The van der Waals surface area contributed by atoms with Crippen molar-refractivity contribution in [1.29, 1.82) is 0 Å². The average Bonchev–Trinajstić information content (AvgIpc) is 2.78. The maximum Gasteiger partial charge on any atom is 0.203 e. The third-order valence-electron chi connectivity index (χ3n) is 5.86. The van der Waals surface area contributed by atoms with Crippen LogP contribution in [0.1, 0.15) is 11.1 Å². The predicted octanol–water partition coefficient (Wildman–Crippen LogP) is 4.02. The van der Waals surface area contributed by atoms with E-state index in [0.29, 0.717) is 11.5 Å². The summed E-state index contributed by atoms with van der Waals surface area (Å²) in [6.07, 6.45) is 0. The van der Waals surface area contributed by atoms with Crippen molar-refractivity contribution in [3.05, 3.63) is 47.5 Å². The number of fused-ring (bicyclic) bond motifs is 1. The van der Waals surface area contributed by atoms with Gasteiger partial charge in [0.05, 0.1) is 26.8 Å². The molecule has 2 heterocycles. The zero-order valence-electron chi connectivity index (χ0n) is 18.9. The molecule has 1 fully saturated rings. The van der Waals surface area contributed by atoms with Gasteiger partial charge in [0.25, 0.3) is 0 Å². The molecule has 1 aliphatic heterocycles. The van der Waals surface area contributed by atoms with Gasteiger partial charge >= 0.3 is 0 Å². The molecular weight excluding hydrogens is 430 g/mol. The van der Waals surface area contributed by atoms with E-state index in [4.69, 9.17) is 19.2 Å². The van der Waals surface area contributed by atoms with Crippen molar-refractivity contribution < 1.29 is 19.3 Å². The molecule has 0 bridgehead atoms. The van der Waals surface area contributed by atoms with E-state index in [2.05, 4.69) is 22.8 Å². The fourth-order valence-corrected chi connectivity index (χ4v) is 4.20. The molecule has 0 aliphatic carbocycles. The Morgan fingerprint density at radius 2 is 1.62 bits per heavy atom. The highest BCUT2D eigenvalue weighted by Gasteiger charge is 2.22. The van der Waals surface area contributed by atoms with Crippen LogP contribution in [0.3, 0.4) is 0 Å². The zero-order chi connectivity index (χ0) is 22.0. The summed E-state index contributed by atoms with van der Waals surface area (Å²) in [5.41, 5.74) is 3.06. The van der Waals surface area contributed by atoms with Crippen molar-refractivity contribution in [3.8, 4) is 23.0 Å². The normalized spacial score (nSPS) is 14.2. The highest BCUT2D eigenvalue weighted by Crippen LogP contribution is 2.40. The van der Waals surface area contributed by atoms with E-state index in [1.807, 2.05) is 18.2 Å². The number of hydrogen-bond donors (Lipinski definition) is 1. The molecule has 0 atom stereocenters. The number of halogens is 1. The van der Waals surface area contributed by atoms with Crippen LogP contribution in [0.25, 0.3) is 10.9 Å². The van der Waals surface area contributed by atoms with Crippen molar-refractivity contribution >= 4 is 29.1 Å². The summed E-state index contributed by atoms with van der Waals surface area (Å²) in [4.78, 5) is 9.50. The molecule has 32 heavy (non-hydrogen) atoms. The number of benzene rings is 2. The highest BCUT2D eigenvalue weighted by atomic mass is 35.5. The monoisotopic (exact) mass is 459 g/mol. The summed E-state index contributed by atoms with van der Waals surface area (Å²) >= 11 is 0. The minimum atomic E-state index is 0. The molecular formula is C24H30ClN3O4. The summed E-state index contributed by atoms with van der Waals surface area (Å²) in [6, 6.07) is 11.4. The Hall–Kier alpha value is -2.90. The van der Waals surface area contributed by atoms with Crippen LogP contribution in [0.4, 0.5) is 5.82 Å². The van der Waals surface area contributed by atoms with Gasteiger partial charge in [-0.25, -0.2) is 4.98 Å². The van der Waals surface area contributed by atoms with Crippen LogP contribution in [-0.4, -0.2) is 62.5 Å². The Labute approximate surface area is 194 Å². The first kappa shape index (κ1) is 23.8. The molecule has 1 aromatic heterocycles. The molecule has 7 nitrogen and oxygen atoms in total. The van der Waals surface area contributed by atoms with E-state index in [-0.39, 0.29) is 18.2 Å². The van der Waals surface area contributed by atoms with Gasteiger partial charge < -0.3 is 24.2 Å². The van der Waals surface area contributed by atoms with E-state index in [0.717, 1.165) is 66.3 Å². The second-order valence-electron chi connectivity index (χ2n) is 7.76. The third-order valence-corrected chi connectivity index (χ3v) is 5.86. The predicted molar refractivity (Wildman–Crippen MR) is 129 cm³/mol. The number of phenolic OH excluding ortho intramolecular Hbond substituents is 1. The number of aromatic nitrogens is 1. The number of aromatic hydroxyl groups is 1. The van der Waals surface area contributed by atoms with Gasteiger partial charge in [-0.3, -0.25) is 4.90 Å². The van der Waals surface area contributed by atoms with Crippen molar-refractivity contribution in [1.82, 2.24) is 9.88 Å². The number of piperazine rings is 1. The number of pyridine rings is 1. The van der Waals surface area contributed by atoms with Gasteiger partial charge in [0.2, 0.25) is 5.75 Å². The number of aryl methyl sites for hydroxylation is 1. The molecule has 0 spiro atoms. The maximum absolute atomic E-state index is 9.82. The Bertz CT molecular complexity index is 1080. The highest BCUT2D eigenvalue weighted by molar-refractivity contribution is 5.85. The SMILES string of the molecule is COc1ccc(CN2CCN(c3cc(C)c4ccc(O)cc4n3)CC2)c(OC)c1OC.Cl. The zero-order valence-corrected chi connectivity index (χ0v) is 19.7. The lowest BCUT2D eigenvalue weighted by Crippen LogP contribution is -2.46. The molecule has 4 rings (SSSR count). The largest absolute Gasteiger partial charge is 0.508 e. The van der Waals surface area contributed by atoms with E-state index in [1.165, 1.54) is 0 Å². The molecule has 0 saturated carbocycles. The smallest absolute Gasteiger partial charge is 0.203 e. The molecule has 0 radical (unpaired) electrons. The van der Waals surface area contributed by atoms with Gasteiger partial charge in [-0.1, -0.05) is 6.07 Å². The lowest BCUT2D eigenvalue weighted by molar-refractivity contribution is 0.243. The summed E-state index contributed by atoms with van der Waals surface area (Å²) < 4.78 is 16.5. The standard InChI is InChI=1S/C24H29N3O4.ClH/c1-16-13-22(25-20-14-18(28)6-7-19(16)20)27-11-9-26(10-12-27)15-17-5-8-21(29-2)24(31-4)23(17)30-3;/h5-8,13-14,28H,9-12,15H2,1-4H3;1H. The molecule has 0 amide bonds. The lowest BCUT2D eigenvalue weighted by atomic mass is 10.1. The Morgan fingerprint density at radius 3 is 2.28 bits per heavy atom. The van der Waals surface area contributed by atoms with Gasteiger partial charge in [-0.2, -0.15) is 0 Å². The van der Waals surface area contributed by atoms with E-state index < -0.39 is 0 Å². The molecule has 8 heteroatoms. The summed E-state index contributed by atoms with van der Waals surface area (Å²) in [7, 11) is 4.91. The van der Waals surface area contributed by atoms with Crippen LogP contribution in [-0.2, 0) is 6.54 Å². The molecule has 172 valence electrons. The lowest BCUT2D eigenvalue weighted by Gasteiger charge is -2.36. The van der Waals surface area contributed by atoms with Crippen LogP contribution in [0.2, 0.25) is 0 Å². The van der Waals surface area contributed by atoms with Crippen LogP contribution >= 0.6 is 12.4 Å². The molecule has 2 aromatic carbocycles. The molecule has 1 aliphatic rings. The number of anilines is 1. The minimum absolute atomic E-state index is 0. The van der Waals surface area contributed by atoms with E-state index in [1.54, 1.807) is 33.5 Å². The fraction of sp³-hybridized carbons (Fsp3) is 0.375. The molecule has 3 aromatic rings. The Balaban J connectivity index is 0.00000289. The van der Waals surface area contributed by atoms with Gasteiger partial charge in [-0.15, -0.1) is 12.4 Å². The van der Waals surface area contributed by atoms with Crippen LogP contribution in [0.15, 0.2) is 36.4 Å². The second-order valence-corrected chi connectivity index (χ2v) is 7.76. The summed E-state index contributed by atoms with van der Waals surface area (Å²) in [5.74, 6) is 3.21. The van der Waals surface area contributed by atoms with Crippen LogP contribution in [0.5, 0.6) is 23.0 Å². The quantitative estimate of drug-likeness (QED) is 0.597. The second kappa shape index (κ2) is 10.1. The first-order chi connectivity index (χ1) is 15.0. The number of rotatable bonds is 6. The molecule has 1 saturated heterocycles. The van der Waals surface area contributed by atoms with Crippen molar-refractivity contribution in [2.24, 2.45) is 0 Å². The fourth-order valence-electron chi connectivity index (χ4n) is 4.20. The van der Waals surface area contributed by atoms with E-state index >= 15 is 0 Å². The summed E-state index contributed by atoms with van der Waals surface area (Å²) in [5, 5.41) is 10.9. The maximum atomic E-state index is 9.82. The molecule has 0 unspecified atom stereocenters. The molecule has 1 N–H and O–H groups in total. The van der Waals surface area contributed by atoms with Crippen molar-refractivity contribution in [2.75, 3.05) is 52.4 Å². The Morgan fingerprint density at radius 1 is 0.906 bits per heavy atom. The minimum Gasteiger partial charge on any atom is -0.508 e. The van der Waals surface area contributed by atoms with E-state index in [9.17, 15) is 5.11 Å². The number of nitrogens with zero attached hydrogens (tertiary/aromatic N) is 3. The van der Waals surface area contributed by atoms with Crippen LogP contribution < -0.4 is 19.1 Å². The topological polar surface area (TPSA) is 67.3 Å². The van der Waals surface area contributed by atoms with Gasteiger partial charge in [-0.05, 0) is 36.8 Å². The number of phenols is 1. The van der Waals surface area contributed by atoms with Gasteiger partial charge in [0.15, 0.2) is 11.5 Å². The van der Waals surface area contributed by atoms with Gasteiger partial charge in [0.1, 0.15) is 11.6 Å².